The molecule has 1 rings (SSSR count). The molecule has 1 fully saturated rings. The predicted octanol–water partition coefficient (Wildman–Crippen LogP) is 2.98. The van der Waals surface area contributed by atoms with Gasteiger partial charge in [0.2, 0.25) is 5.91 Å². The van der Waals surface area contributed by atoms with E-state index >= 15 is 0 Å². The van der Waals surface area contributed by atoms with Crippen molar-refractivity contribution in [2.45, 2.75) is 77.7 Å². The summed E-state index contributed by atoms with van der Waals surface area (Å²) in [5.41, 5.74) is -0.546. The van der Waals surface area contributed by atoms with Gasteiger partial charge in [0.05, 0.1) is 13.0 Å². The van der Waals surface area contributed by atoms with Crippen LogP contribution in [-0.2, 0) is 14.3 Å². The van der Waals surface area contributed by atoms with E-state index in [1.807, 2.05) is 0 Å². The summed E-state index contributed by atoms with van der Waals surface area (Å²) in [6.07, 6.45) is 7.14. The number of rotatable bonds is 9. The summed E-state index contributed by atoms with van der Waals surface area (Å²) in [7, 11) is 0. The molecule has 1 aliphatic heterocycles. The molecule has 24 heavy (non-hydrogen) atoms. The number of ether oxygens (including phenoxy) is 1. The van der Waals surface area contributed by atoms with Crippen LogP contribution < -0.4 is 0 Å². The third-order valence-electron chi connectivity index (χ3n) is 4.05. The van der Waals surface area contributed by atoms with Gasteiger partial charge in [-0.1, -0.05) is 12.8 Å². The lowest BCUT2D eigenvalue weighted by Gasteiger charge is -2.26. The molecule has 0 aromatic heterocycles. The van der Waals surface area contributed by atoms with Crippen molar-refractivity contribution in [3.05, 3.63) is 0 Å². The number of nitrogens with zero attached hydrogens (tertiary/aromatic N) is 2. The van der Waals surface area contributed by atoms with E-state index in [0.717, 1.165) is 25.8 Å². The van der Waals surface area contributed by atoms with Crippen LogP contribution in [0.15, 0.2) is 0 Å². The third kappa shape index (κ3) is 9.88. The number of unbranched alkanes of at least 4 members (excludes halogenated alkanes) is 2. The van der Waals surface area contributed by atoms with Crippen LogP contribution >= 0.6 is 0 Å². The van der Waals surface area contributed by atoms with Gasteiger partial charge in [-0.3, -0.25) is 14.8 Å². The lowest BCUT2D eigenvalue weighted by Crippen LogP contribution is -2.32. The zero-order chi connectivity index (χ0) is 18.0. The Hall–Kier alpha value is -1.14. The van der Waals surface area contributed by atoms with Crippen molar-refractivity contribution < 1.29 is 19.5 Å². The van der Waals surface area contributed by atoms with Crippen molar-refractivity contribution >= 4 is 11.9 Å². The second-order valence-corrected chi connectivity index (χ2v) is 7.57. The number of esters is 1. The van der Waals surface area contributed by atoms with Gasteiger partial charge in [0.1, 0.15) is 5.60 Å². The molecule has 0 aromatic carbocycles. The van der Waals surface area contributed by atoms with E-state index in [-0.39, 0.29) is 18.9 Å². The maximum Gasteiger partial charge on any atom is 0.308 e. The monoisotopic (exact) mass is 342 g/mol. The van der Waals surface area contributed by atoms with Gasteiger partial charge in [0.25, 0.3) is 0 Å². The van der Waals surface area contributed by atoms with Gasteiger partial charge in [-0.05, 0) is 66.1 Å². The van der Waals surface area contributed by atoms with Crippen LogP contribution in [0.5, 0.6) is 0 Å². The Morgan fingerprint density at radius 3 is 2.33 bits per heavy atom. The largest absolute Gasteiger partial charge is 0.460 e. The van der Waals surface area contributed by atoms with E-state index in [1.54, 1.807) is 20.8 Å². The average Bonchev–Trinajstić information content (AvgIpc) is 2.51. The second-order valence-electron chi connectivity index (χ2n) is 7.57. The minimum Gasteiger partial charge on any atom is -0.460 e. The average molecular weight is 342 g/mol. The Morgan fingerprint density at radius 1 is 1.04 bits per heavy atom. The Kier molecular flexibility index (Phi) is 9.29. The highest BCUT2D eigenvalue weighted by Gasteiger charge is 2.18. The highest BCUT2D eigenvalue weighted by molar-refractivity contribution is 5.76. The lowest BCUT2D eigenvalue weighted by atomic mass is 10.1. The molecule has 1 saturated heterocycles. The summed E-state index contributed by atoms with van der Waals surface area (Å²) in [5.74, 6) is -0.729. The smallest absolute Gasteiger partial charge is 0.308 e. The number of hydrogen-bond donors (Lipinski definition) is 1. The summed E-state index contributed by atoms with van der Waals surface area (Å²) in [6.45, 7) is 8.86. The van der Waals surface area contributed by atoms with Crippen molar-refractivity contribution in [2.24, 2.45) is 0 Å². The molecule has 0 unspecified atom stereocenters. The summed E-state index contributed by atoms with van der Waals surface area (Å²) in [6, 6.07) is 0. The number of carbonyl (C=O) groups is 2. The first-order valence-electron chi connectivity index (χ1n) is 9.21. The van der Waals surface area contributed by atoms with Crippen molar-refractivity contribution in [1.29, 1.82) is 0 Å². The number of likely N-dealkylation sites (tertiary alicyclic amines) is 1. The zero-order valence-electron chi connectivity index (χ0n) is 15.6. The summed E-state index contributed by atoms with van der Waals surface area (Å²) < 4.78 is 5.15. The molecule has 6 nitrogen and oxygen atoms in total. The van der Waals surface area contributed by atoms with Gasteiger partial charge < -0.3 is 9.64 Å². The number of hydroxylamine groups is 2. The standard InChI is InChI=1S/C18H34N2O4/c1-18(2,3)24-17(22)11-15-20(23)16(21)10-6-4-7-12-19-13-8-5-9-14-19/h23H,4-15H2,1-3H3. The molecule has 0 spiro atoms. The molecule has 0 bridgehead atoms. The molecule has 1 amide bonds. The van der Waals surface area contributed by atoms with Crippen molar-refractivity contribution in [2.75, 3.05) is 26.2 Å². The van der Waals surface area contributed by atoms with E-state index in [2.05, 4.69) is 4.90 Å². The fraction of sp³-hybridized carbons (Fsp3) is 0.889. The van der Waals surface area contributed by atoms with Gasteiger partial charge in [-0.2, -0.15) is 0 Å². The quantitative estimate of drug-likeness (QED) is 0.302. The number of hydrogen-bond acceptors (Lipinski definition) is 5. The van der Waals surface area contributed by atoms with Gasteiger partial charge in [0.15, 0.2) is 0 Å². The number of piperidine rings is 1. The Morgan fingerprint density at radius 2 is 1.71 bits per heavy atom. The highest BCUT2D eigenvalue weighted by atomic mass is 16.6. The van der Waals surface area contributed by atoms with Crippen molar-refractivity contribution in [3.8, 4) is 0 Å². The minimum atomic E-state index is -0.546. The van der Waals surface area contributed by atoms with Gasteiger partial charge in [0, 0.05) is 6.42 Å². The van der Waals surface area contributed by atoms with Gasteiger partial charge in [-0.25, -0.2) is 5.06 Å². The maximum absolute atomic E-state index is 11.8. The molecular formula is C18H34N2O4. The molecule has 140 valence electrons. The van der Waals surface area contributed by atoms with Crippen LogP contribution in [0.4, 0.5) is 0 Å². The molecule has 0 atom stereocenters. The number of amides is 1. The molecule has 1 heterocycles. The van der Waals surface area contributed by atoms with E-state index in [9.17, 15) is 14.8 Å². The first kappa shape index (κ1) is 20.9. The van der Waals surface area contributed by atoms with Crippen LogP contribution in [0.1, 0.15) is 72.1 Å². The zero-order valence-corrected chi connectivity index (χ0v) is 15.6. The molecule has 6 heteroatoms. The normalized spacial score (nSPS) is 16.0. The summed E-state index contributed by atoms with van der Waals surface area (Å²) in [4.78, 5) is 25.9. The van der Waals surface area contributed by atoms with Crippen LogP contribution in [0.3, 0.4) is 0 Å². The Labute approximate surface area is 146 Å². The van der Waals surface area contributed by atoms with E-state index in [4.69, 9.17) is 4.74 Å². The first-order chi connectivity index (χ1) is 11.3. The van der Waals surface area contributed by atoms with E-state index in [1.165, 1.54) is 32.4 Å². The fourth-order valence-corrected chi connectivity index (χ4v) is 2.81. The third-order valence-corrected chi connectivity index (χ3v) is 4.05. The van der Waals surface area contributed by atoms with Crippen LogP contribution in [0, 0.1) is 0 Å². The number of carbonyl (C=O) groups excluding carboxylic acids is 2. The van der Waals surface area contributed by atoms with Crippen LogP contribution in [-0.4, -0.2) is 58.8 Å². The van der Waals surface area contributed by atoms with Crippen LogP contribution in [0.25, 0.3) is 0 Å². The van der Waals surface area contributed by atoms with Crippen molar-refractivity contribution in [1.82, 2.24) is 9.96 Å². The summed E-state index contributed by atoms with van der Waals surface area (Å²) >= 11 is 0. The lowest BCUT2D eigenvalue weighted by molar-refractivity contribution is -0.170. The van der Waals surface area contributed by atoms with Crippen molar-refractivity contribution in [3.63, 3.8) is 0 Å². The molecule has 0 aliphatic carbocycles. The minimum absolute atomic E-state index is 0.00840. The second kappa shape index (κ2) is 10.7. The topological polar surface area (TPSA) is 70.1 Å². The van der Waals surface area contributed by atoms with Gasteiger partial charge >= 0.3 is 5.97 Å². The van der Waals surface area contributed by atoms with Gasteiger partial charge in [-0.15, -0.1) is 0 Å². The van der Waals surface area contributed by atoms with Crippen LogP contribution in [0.2, 0.25) is 0 Å². The first-order valence-corrected chi connectivity index (χ1v) is 9.21. The molecule has 1 N–H and O–H groups in total. The SMILES string of the molecule is CC(C)(C)OC(=O)CCN(O)C(=O)CCCCCN1CCCCC1. The summed E-state index contributed by atoms with van der Waals surface area (Å²) in [5, 5.41) is 10.3. The molecule has 0 aromatic rings. The maximum atomic E-state index is 11.8. The molecule has 0 saturated carbocycles. The predicted molar refractivity (Wildman–Crippen MR) is 92.7 cm³/mol. The van der Waals surface area contributed by atoms with E-state index < -0.39 is 11.6 Å². The molecule has 1 aliphatic rings. The highest BCUT2D eigenvalue weighted by Crippen LogP contribution is 2.11. The molecular weight excluding hydrogens is 308 g/mol. The Balaban J connectivity index is 2.05. The fourth-order valence-electron chi connectivity index (χ4n) is 2.81. The van der Waals surface area contributed by atoms with E-state index in [0.29, 0.717) is 11.5 Å². The molecule has 0 radical (unpaired) electrons. The Bertz CT molecular complexity index is 387.